The van der Waals surface area contributed by atoms with Crippen LogP contribution < -0.4 is 5.32 Å². The van der Waals surface area contributed by atoms with Gasteiger partial charge in [-0.3, -0.25) is 0 Å². The number of nitrogens with zero attached hydrogens (tertiary/aromatic N) is 3. The minimum absolute atomic E-state index is 0.457. The average molecular weight is 371 g/mol. The van der Waals surface area contributed by atoms with E-state index in [1.54, 1.807) is 0 Å². The van der Waals surface area contributed by atoms with Crippen molar-refractivity contribution in [3.05, 3.63) is 64.6 Å². The van der Waals surface area contributed by atoms with Gasteiger partial charge in [0.1, 0.15) is 0 Å². The molecule has 0 fully saturated rings. The molecule has 2 aromatic carbocycles. The van der Waals surface area contributed by atoms with E-state index in [0.29, 0.717) is 19.5 Å². The summed E-state index contributed by atoms with van der Waals surface area (Å²) in [6, 6.07) is 20.2. The zero-order valence-corrected chi connectivity index (χ0v) is 14.6. The Kier molecular flexibility index (Phi) is 6.64. The third-order valence-electron chi connectivity index (χ3n) is 3.30. The molecule has 0 aliphatic carbocycles. The summed E-state index contributed by atoms with van der Waals surface area (Å²) < 4.78 is 0.973. The molecule has 23 heavy (non-hydrogen) atoms. The van der Waals surface area contributed by atoms with Gasteiger partial charge in [0.15, 0.2) is 5.96 Å². The standard InChI is InChI=1S/C18H19BrN4/c1-23(13-7-12-20)18(21-14-15-8-3-2-4-9-15)22-17-11-6-5-10-16(17)19/h2-6,8-11H,7,13-14H2,1H3,(H,21,22). The summed E-state index contributed by atoms with van der Waals surface area (Å²) in [7, 11) is 1.94. The Balaban J connectivity index is 2.17. The number of rotatable bonds is 5. The lowest BCUT2D eigenvalue weighted by atomic mass is 10.2. The number of anilines is 1. The molecule has 0 aliphatic heterocycles. The van der Waals surface area contributed by atoms with E-state index in [-0.39, 0.29) is 0 Å². The van der Waals surface area contributed by atoms with Crippen LogP contribution in [0.5, 0.6) is 0 Å². The largest absolute Gasteiger partial charge is 0.345 e. The predicted molar refractivity (Wildman–Crippen MR) is 98.2 cm³/mol. The normalized spacial score (nSPS) is 10.9. The van der Waals surface area contributed by atoms with Crippen molar-refractivity contribution >= 4 is 27.6 Å². The van der Waals surface area contributed by atoms with E-state index in [4.69, 9.17) is 5.26 Å². The van der Waals surface area contributed by atoms with Crippen LogP contribution in [0, 0.1) is 11.3 Å². The van der Waals surface area contributed by atoms with E-state index in [1.807, 2.05) is 54.4 Å². The lowest BCUT2D eigenvalue weighted by Crippen LogP contribution is -2.34. The smallest absolute Gasteiger partial charge is 0.198 e. The maximum Gasteiger partial charge on any atom is 0.198 e. The van der Waals surface area contributed by atoms with Crippen molar-refractivity contribution < 1.29 is 0 Å². The molecule has 0 spiro atoms. The van der Waals surface area contributed by atoms with E-state index < -0.39 is 0 Å². The highest BCUT2D eigenvalue weighted by Gasteiger charge is 2.08. The number of hydrogen-bond donors (Lipinski definition) is 1. The van der Waals surface area contributed by atoms with Crippen LogP contribution in [0.25, 0.3) is 0 Å². The molecule has 0 saturated carbocycles. The quantitative estimate of drug-likeness (QED) is 0.631. The van der Waals surface area contributed by atoms with Crippen molar-refractivity contribution in [2.45, 2.75) is 13.0 Å². The fourth-order valence-electron chi connectivity index (χ4n) is 2.01. The molecule has 0 bridgehead atoms. The molecule has 1 N–H and O–H groups in total. The van der Waals surface area contributed by atoms with Crippen LogP contribution in [0.2, 0.25) is 0 Å². The molecule has 2 aromatic rings. The van der Waals surface area contributed by atoms with Crippen LogP contribution in [0.15, 0.2) is 64.1 Å². The molecule has 4 nitrogen and oxygen atoms in total. The lowest BCUT2D eigenvalue weighted by molar-refractivity contribution is 0.511. The zero-order valence-electron chi connectivity index (χ0n) is 13.0. The van der Waals surface area contributed by atoms with Gasteiger partial charge in [-0.2, -0.15) is 5.26 Å². The van der Waals surface area contributed by atoms with Crippen LogP contribution in [0.1, 0.15) is 12.0 Å². The van der Waals surface area contributed by atoms with Crippen molar-refractivity contribution in [2.75, 3.05) is 18.9 Å². The van der Waals surface area contributed by atoms with Gasteiger partial charge in [0, 0.05) is 18.1 Å². The number of para-hydroxylation sites is 1. The van der Waals surface area contributed by atoms with Crippen LogP contribution in [0.3, 0.4) is 0 Å². The molecule has 118 valence electrons. The Bertz CT molecular complexity index is 692. The molecule has 5 heteroatoms. The highest BCUT2D eigenvalue weighted by Crippen LogP contribution is 2.21. The third kappa shape index (κ3) is 5.42. The summed E-state index contributed by atoms with van der Waals surface area (Å²) in [5.74, 6) is 0.746. The topological polar surface area (TPSA) is 51.4 Å². The van der Waals surface area contributed by atoms with Crippen molar-refractivity contribution in [2.24, 2.45) is 4.99 Å². The molecule has 0 amide bonds. The van der Waals surface area contributed by atoms with Gasteiger partial charge in [-0.1, -0.05) is 42.5 Å². The molecule has 0 radical (unpaired) electrons. The Morgan fingerprint density at radius 2 is 1.87 bits per heavy atom. The second-order valence-corrected chi connectivity index (χ2v) is 5.91. The molecule has 0 saturated heterocycles. The number of nitrogens with one attached hydrogen (secondary N) is 1. The SMILES string of the molecule is CN(CCC#N)C(=NCc1ccccc1)Nc1ccccc1Br. The predicted octanol–water partition coefficient (Wildman–Crippen LogP) is 4.26. The monoisotopic (exact) mass is 370 g/mol. The fraction of sp³-hybridized carbons (Fsp3) is 0.222. The summed E-state index contributed by atoms with van der Waals surface area (Å²) >= 11 is 3.53. The van der Waals surface area contributed by atoms with Gasteiger partial charge >= 0.3 is 0 Å². The second-order valence-electron chi connectivity index (χ2n) is 5.06. The Labute approximate surface area is 145 Å². The first-order valence-electron chi connectivity index (χ1n) is 7.38. The summed E-state index contributed by atoms with van der Waals surface area (Å²) in [5, 5.41) is 12.1. The minimum atomic E-state index is 0.457. The number of aliphatic imine (C=N–C) groups is 1. The van der Waals surface area contributed by atoms with Gasteiger partial charge in [-0.05, 0) is 33.6 Å². The first kappa shape index (κ1) is 17.0. The number of halogens is 1. The summed E-state index contributed by atoms with van der Waals surface area (Å²) in [4.78, 5) is 6.65. The molecule has 0 heterocycles. The Morgan fingerprint density at radius 3 is 2.57 bits per heavy atom. The Morgan fingerprint density at radius 1 is 1.17 bits per heavy atom. The maximum atomic E-state index is 8.79. The van der Waals surface area contributed by atoms with E-state index in [2.05, 4.69) is 44.4 Å². The minimum Gasteiger partial charge on any atom is -0.345 e. The Hall–Kier alpha value is -2.32. The molecule has 0 aromatic heterocycles. The number of guanidine groups is 1. The summed E-state index contributed by atoms with van der Waals surface area (Å²) in [6.45, 7) is 1.21. The highest BCUT2D eigenvalue weighted by molar-refractivity contribution is 9.10. The maximum absolute atomic E-state index is 8.79. The fourth-order valence-corrected chi connectivity index (χ4v) is 2.40. The van der Waals surface area contributed by atoms with E-state index in [1.165, 1.54) is 0 Å². The van der Waals surface area contributed by atoms with Gasteiger partial charge < -0.3 is 10.2 Å². The first-order chi connectivity index (χ1) is 11.2. The first-order valence-corrected chi connectivity index (χ1v) is 8.18. The van der Waals surface area contributed by atoms with E-state index in [9.17, 15) is 0 Å². The molecule has 2 rings (SSSR count). The van der Waals surface area contributed by atoms with Gasteiger partial charge in [0.2, 0.25) is 0 Å². The molecule has 0 unspecified atom stereocenters. The zero-order chi connectivity index (χ0) is 16.5. The molecular weight excluding hydrogens is 352 g/mol. The van der Waals surface area contributed by atoms with Crippen molar-refractivity contribution in [3.8, 4) is 6.07 Å². The van der Waals surface area contributed by atoms with E-state index in [0.717, 1.165) is 21.7 Å². The van der Waals surface area contributed by atoms with Crippen LogP contribution >= 0.6 is 15.9 Å². The second kappa shape index (κ2) is 8.96. The number of nitriles is 1. The van der Waals surface area contributed by atoms with Gasteiger partial charge in [0.05, 0.1) is 24.7 Å². The molecule has 0 atom stereocenters. The average Bonchev–Trinajstić information content (AvgIpc) is 2.59. The third-order valence-corrected chi connectivity index (χ3v) is 3.99. The highest BCUT2D eigenvalue weighted by atomic mass is 79.9. The van der Waals surface area contributed by atoms with Crippen LogP contribution in [-0.2, 0) is 6.54 Å². The molecular formula is C18H19BrN4. The summed E-state index contributed by atoms with van der Waals surface area (Å²) in [6.07, 6.45) is 0.457. The van der Waals surface area contributed by atoms with Crippen LogP contribution in [0.4, 0.5) is 5.69 Å². The molecule has 0 aliphatic rings. The number of hydrogen-bond acceptors (Lipinski definition) is 2. The van der Waals surface area contributed by atoms with Gasteiger partial charge in [-0.25, -0.2) is 4.99 Å². The lowest BCUT2D eigenvalue weighted by Gasteiger charge is -2.22. The van der Waals surface area contributed by atoms with Crippen LogP contribution in [-0.4, -0.2) is 24.5 Å². The van der Waals surface area contributed by atoms with Crippen molar-refractivity contribution in [1.82, 2.24) is 4.90 Å². The summed E-state index contributed by atoms with van der Waals surface area (Å²) in [5.41, 5.74) is 2.09. The van der Waals surface area contributed by atoms with Crippen molar-refractivity contribution in [3.63, 3.8) is 0 Å². The van der Waals surface area contributed by atoms with Crippen molar-refractivity contribution in [1.29, 1.82) is 5.26 Å². The van der Waals surface area contributed by atoms with Gasteiger partial charge in [-0.15, -0.1) is 0 Å². The number of benzene rings is 2. The van der Waals surface area contributed by atoms with Gasteiger partial charge in [0.25, 0.3) is 0 Å². The van der Waals surface area contributed by atoms with E-state index >= 15 is 0 Å².